The van der Waals surface area contributed by atoms with Crippen LogP contribution in [0.4, 0.5) is 0 Å². The van der Waals surface area contributed by atoms with Crippen molar-refractivity contribution in [2.45, 2.75) is 13.8 Å². The van der Waals surface area contributed by atoms with E-state index in [0.29, 0.717) is 0 Å². The summed E-state index contributed by atoms with van der Waals surface area (Å²) in [5.74, 6) is 0. The van der Waals surface area contributed by atoms with Crippen LogP contribution in [0.2, 0.25) is 0 Å². The number of fused-ring (bicyclic) bond motifs is 3. The predicted molar refractivity (Wildman–Crippen MR) is 73.0 cm³/mol. The molecule has 0 saturated carbocycles. The van der Waals surface area contributed by atoms with Crippen LogP contribution >= 0.6 is 15.9 Å². The maximum atomic E-state index is 3.55. The number of halogens is 1. The van der Waals surface area contributed by atoms with Gasteiger partial charge in [0.05, 0.1) is 0 Å². The molecule has 0 bridgehead atoms. The molecule has 3 rings (SSSR count). The van der Waals surface area contributed by atoms with E-state index in [1.54, 1.807) is 0 Å². The smallest absolute Gasteiger partial charge is 0.0495 e. The van der Waals surface area contributed by atoms with Crippen LogP contribution < -0.4 is 0 Å². The maximum absolute atomic E-state index is 3.55. The minimum atomic E-state index is 1.14. The number of benzene rings is 2. The third kappa shape index (κ3) is 1.37. The van der Waals surface area contributed by atoms with Crippen molar-refractivity contribution < 1.29 is 0 Å². The van der Waals surface area contributed by atoms with E-state index in [9.17, 15) is 0 Å². The lowest BCUT2D eigenvalue weighted by atomic mass is 10.1. The van der Waals surface area contributed by atoms with E-state index in [4.69, 9.17) is 0 Å². The molecule has 0 spiro atoms. The lowest BCUT2D eigenvalue weighted by Crippen LogP contribution is -1.76. The van der Waals surface area contributed by atoms with Crippen molar-refractivity contribution in [1.29, 1.82) is 0 Å². The first-order chi connectivity index (χ1) is 7.65. The van der Waals surface area contributed by atoms with Crippen molar-refractivity contribution in [1.82, 2.24) is 4.98 Å². The fraction of sp³-hybridized carbons (Fsp3) is 0.143. The van der Waals surface area contributed by atoms with Gasteiger partial charge < -0.3 is 4.98 Å². The fourth-order valence-corrected chi connectivity index (χ4v) is 2.82. The van der Waals surface area contributed by atoms with E-state index in [1.165, 1.54) is 32.9 Å². The molecule has 0 atom stereocenters. The van der Waals surface area contributed by atoms with E-state index >= 15 is 0 Å². The van der Waals surface area contributed by atoms with E-state index in [2.05, 4.69) is 65.1 Å². The van der Waals surface area contributed by atoms with E-state index < -0.39 is 0 Å². The lowest BCUT2D eigenvalue weighted by Gasteiger charge is -1.97. The first kappa shape index (κ1) is 9.91. The average molecular weight is 274 g/mol. The van der Waals surface area contributed by atoms with Gasteiger partial charge in [0.25, 0.3) is 0 Å². The Balaban J connectivity index is 2.55. The number of nitrogens with one attached hydrogen (secondary N) is 1. The molecule has 0 amide bonds. The minimum Gasteiger partial charge on any atom is -0.354 e. The highest BCUT2D eigenvalue weighted by Gasteiger charge is 2.07. The van der Waals surface area contributed by atoms with Crippen molar-refractivity contribution in [3.63, 3.8) is 0 Å². The van der Waals surface area contributed by atoms with Gasteiger partial charge >= 0.3 is 0 Å². The minimum absolute atomic E-state index is 1.14. The largest absolute Gasteiger partial charge is 0.354 e. The van der Waals surface area contributed by atoms with Crippen molar-refractivity contribution in [2.75, 3.05) is 0 Å². The zero-order chi connectivity index (χ0) is 11.3. The summed E-state index contributed by atoms with van der Waals surface area (Å²) in [5.41, 5.74) is 5.02. The molecular weight excluding hydrogens is 262 g/mol. The SMILES string of the molecule is Cc1ccc2c(c1)[nH]c1c(C)cc(Br)cc12. The molecule has 0 fully saturated rings. The number of aromatic nitrogens is 1. The number of aryl methyl sites for hydroxylation is 2. The average Bonchev–Trinajstić information content (AvgIpc) is 2.56. The normalized spacial score (nSPS) is 11.4. The second-order valence-electron chi connectivity index (χ2n) is 4.32. The lowest BCUT2D eigenvalue weighted by molar-refractivity contribution is 1.43. The molecule has 1 N–H and O–H groups in total. The van der Waals surface area contributed by atoms with E-state index in [1.807, 2.05) is 0 Å². The fourth-order valence-electron chi connectivity index (χ4n) is 2.25. The summed E-state index contributed by atoms with van der Waals surface area (Å²) in [7, 11) is 0. The summed E-state index contributed by atoms with van der Waals surface area (Å²) in [5, 5.41) is 2.59. The highest BCUT2D eigenvalue weighted by atomic mass is 79.9. The topological polar surface area (TPSA) is 15.8 Å². The Bertz CT molecular complexity index is 695. The van der Waals surface area contributed by atoms with E-state index in [-0.39, 0.29) is 0 Å². The molecular formula is C14H12BrN. The van der Waals surface area contributed by atoms with Gasteiger partial charge in [-0.05, 0) is 43.2 Å². The first-order valence-electron chi connectivity index (χ1n) is 5.33. The second-order valence-corrected chi connectivity index (χ2v) is 5.23. The molecule has 0 radical (unpaired) electrons. The second kappa shape index (κ2) is 3.36. The molecule has 1 nitrogen and oxygen atoms in total. The number of H-pyrrole nitrogens is 1. The number of rotatable bonds is 0. The van der Waals surface area contributed by atoms with Crippen LogP contribution in [0.15, 0.2) is 34.8 Å². The summed E-state index contributed by atoms with van der Waals surface area (Å²) >= 11 is 3.55. The van der Waals surface area contributed by atoms with Gasteiger partial charge in [-0.3, -0.25) is 0 Å². The van der Waals surface area contributed by atoms with Gasteiger partial charge in [-0.1, -0.05) is 28.1 Å². The third-order valence-electron chi connectivity index (χ3n) is 3.03. The number of hydrogen-bond acceptors (Lipinski definition) is 0. The van der Waals surface area contributed by atoms with Crippen LogP contribution in [0.5, 0.6) is 0 Å². The van der Waals surface area contributed by atoms with E-state index in [0.717, 1.165) is 4.47 Å². The van der Waals surface area contributed by atoms with Crippen LogP contribution in [-0.4, -0.2) is 4.98 Å². The van der Waals surface area contributed by atoms with Crippen LogP contribution in [-0.2, 0) is 0 Å². The van der Waals surface area contributed by atoms with Crippen molar-refractivity contribution >= 4 is 37.7 Å². The molecule has 0 aliphatic rings. The number of hydrogen-bond donors (Lipinski definition) is 1. The van der Waals surface area contributed by atoms with Gasteiger partial charge in [-0.2, -0.15) is 0 Å². The molecule has 0 aliphatic heterocycles. The molecule has 80 valence electrons. The van der Waals surface area contributed by atoms with Crippen LogP contribution in [0.1, 0.15) is 11.1 Å². The highest BCUT2D eigenvalue weighted by Crippen LogP contribution is 2.30. The Kier molecular flexibility index (Phi) is 2.08. The zero-order valence-corrected chi connectivity index (χ0v) is 10.9. The van der Waals surface area contributed by atoms with Gasteiger partial charge in [0, 0.05) is 26.3 Å². The summed E-state index contributed by atoms with van der Waals surface area (Å²) in [6, 6.07) is 10.9. The summed E-state index contributed by atoms with van der Waals surface area (Å²) in [6.45, 7) is 4.25. The zero-order valence-electron chi connectivity index (χ0n) is 9.26. The monoisotopic (exact) mass is 273 g/mol. The molecule has 3 aromatic rings. The Morgan fingerprint density at radius 3 is 2.62 bits per heavy atom. The van der Waals surface area contributed by atoms with Crippen LogP contribution in [0.3, 0.4) is 0 Å². The summed E-state index contributed by atoms with van der Waals surface area (Å²) < 4.78 is 1.14. The van der Waals surface area contributed by atoms with Gasteiger partial charge in [0.1, 0.15) is 0 Å². The molecule has 0 unspecified atom stereocenters. The highest BCUT2D eigenvalue weighted by molar-refractivity contribution is 9.10. The Morgan fingerprint density at radius 2 is 1.81 bits per heavy atom. The first-order valence-corrected chi connectivity index (χ1v) is 6.12. The Morgan fingerprint density at radius 1 is 1.00 bits per heavy atom. The van der Waals surface area contributed by atoms with Crippen LogP contribution in [0.25, 0.3) is 21.8 Å². The maximum Gasteiger partial charge on any atom is 0.0495 e. The van der Waals surface area contributed by atoms with Gasteiger partial charge in [0.15, 0.2) is 0 Å². The van der Waals surface area contributed by atoms with Crippen molar-refractivity contribution in [3.05, 3.63) is 45.9 Å². The van der Waals surface area contributed by atoms with Gasteiger partial charge in [0.2, 0.25) is 0 Å². The summed E-state index contributed by atoms with van der Waals surface area (Å²) in [4.78, 5) is 3.49. The predicted octanol–water partition coefficient (Wildman–Crippen LogP) is 4.70. The molecule has 16 heavy (non-hydrogen) atoms. The quantitative estimate of drug-likeness (QED) is 0.611. The van der Waals surface area contributed by atoms with Crippen LogP contribution in [0, 0.1) is 13.8 Å². The van der Waals surface area contributed by atoms with Gasteiger partial charge in [-0.25, -0.2) is 0 Å². The van der Waals surface area contributed by atoms with Crippen molar-refractivity contribution in [2.24, 2.45) is 0 Å². The Hall–Kier alpha value is -1.28. The van der Waals surface area contributed by atoms with Crippen molar-refractivity contribution in [3.8, 4) is 0 Å². The molecule has 2 heteroatoms. The molecule has 1 aromatic heterocycles. The molecule has 0 saturated heterocycles. The molecule has 1 heterocycles. The third-order valence-corrected chi connectivity index (χ3v) is 3.48. The Labute approximate surface area is 103 Å². The molecule has 0 aliphatic carbocycles. The van der Waals surface area contributed by atoms with Gasteiger partial charge in [-0.15, -0.1) is 0 Å². The molecule has 2 aromatic carbocycles. The standard InChI is InChI=1S/C14H12BrN/c1-8-3-4-11-12-7-10(15)6-9(2)14(12)16-13(11)5-8/h3-7,16H,1-2H3. The summed E-state index contributed by atoms with van der Waals surface area (Å²) in [6.07, 6.45) is 0. The number of aromatic amines is 1.